The summed E-state index contributed by atoms with van der Waals surface area (Å²) >= 11 is 0. The average molecular weight is 186 g/mol. The van der Waals surface area contributed by atoms with Crippen molar-refractivity contribution in [2.24, 2.45) is 0 Å². The Balaban J connectivity index is -0.000000169. The first-order chi connectivity index (χ1) is 6.13. The fourth-order valence-corrected chi connectivity index (χ4v) is 0.322. The summed E-state index contributed by atoms with van der Waals surface area (Å²) < 4.78 is 4.84. The molecule has 0 aliphatic heterocycles. The summed E-state index contributed by atoms with van der Waals surface area (Å²) in [5.41, 5.74) is 1.09. The van der Waals surface area contributed by atoms with E-state index in [-0.39, 0.29) is 0 Å². The van der Waals surface area contributed by atoms with Crippen molar-refractivity contribution >= 4 is 0 Å². The van der Waals surface area contributed by atoms with Crippen molar-refractivity contribution in [2.45, 2.75) is 48.0 Å². The van der Waals surface area contributed by atoms with Crippen molar-refractivity contribution in [3.63, 3.8) is 0 Å². The molecular weight excluding hydrogens is 160 g/mol. The third-order valence-electron chi connectivity index (χ3n) is 1.12. The third-order valence-corrected chi connectivity index (χ3v) is 1.12. The Kier molecular flexibility index (Phi) is 24.3. The van der Waals surface area contributed by atoms with E-state index in [4.69, 9.17) is 4.74 Å². The SMILES string of the molecule is C=C(OC)/C(C)=C\C.CC.CCC. The lowest BCUT2D eigenvalue weighted by Crippen LogP contribution is -1.83. The van der Waals surface area contributed by atoms with Crippen molar-refractivity contribution in [1.82, 2.24) is 0 Å². The zero-order valence-corrected chi connectivity index (χ0v) is 10.4. The highest BCUT2D eigenvalue weighted by Crippen LogP contribution is 2.04. The summed E-state index contributed by atoms with van der Waals surface area (Å²) in [5.74, 6) is 0.743. The maximum atomic E-state index is 4.84. The van der Waals surface area contributed by atoms with Crippen LogP contribution < -0.4 is 0 Å². The van der Waals surface area contributed by atoms with Gasteiger partial charge in [-0.1, -0.05) is 46.8 Å². The van der Waals surface area contributed by atoms with Gasteiger partial charge in [0.2, 0.25) is 0 Å². The third kappa shape index (κ3) is 18.3. The molecule has 0 aliphatic carbocycles. The van der Waals surface area contributed by atoms with E-state index in [9.17, 15) is 0 Å². The summed E-state index contributed by atoms with van der Waals surface area (Å²) in [6, 6.07) is 0. The van der Waals surface area contributed by atoms with E-state index in [0.29, 0.717) is 0 Å². The van der Waals surface area contributed by atoms with Crippen LogP contribution in [0.2, 0.25) is 0 Å². The molecule has 0 unspecified atom stereocenters. The molecule has 0 radical (unpaired) electrons. The van der Waals surface area contributed by atoms with E-state index in [0.717, 1.165) is 11.3 Å². The minimum absolute atomic E-state index is 0.743. The first kappa shape index (κ1) is 18.1. The smallest absolute Gasteiger partial charge is 0.114 e. The molecule has 0 saturated heterocycles. The van der Waals surface area contributed by atoms with Crippen LogP contribution in [0.15, 0.2) is 24.0 Å². The van der Waals surface area contributed by atoms with Gasteiger partial charge in [-0.25, -0.2) is 0 Å². The lowest BCUT2D eigenvalue weighted by Gasteiger charge is -2.00. The minimum Gasteiger partial charge on any atom is -0.497 e. The number of hydrogen-bond acceptors (Lipinski definition) is 1. The van der Waals surface area contributed by atoms with Crippen LogP contribution in [0.5, 0.6) is 0 Å². The molecule has 0 aliphatic rings. The molecule has 0 N–H and O–H groups in total. The van der Waals surface area contributed by atoms with Crippen molar-refractivity contribution in [2.75, 3.05) is 7.11 Å². The van der Waals surface area contributed by atoms with Gasteiger partial charge >= 0.3 is 0 Å². The van der Waals surface area contributed by atoms with E-state index in [1.54, 1.807) is 7.11 Å². The fourth-order valence-electron chi connectivity index (χ4n) is 0.322. The highest BCUT2D eigenvalue weighted by Gasteiger charge is 1.89. The van der Waals surface area contributed by atoms with Crippen molar-refractivity contribution in [1.29, 1.82) is 0 Å². The largest absolute Gasteiger partial charge is 0.497 e. The molecule has 0 amide bonds. The number of ether oxygens (including phenoxy) is 1. The molecule has 0 fully saturated rings. The zero-order valence-electron chi connectivity index (χ0n) is 10.4. The van der Waals surface area contributed by atoms with Gasteiger partial charge in [-0.2, -0.15) is 0 Å². The lowest BCUT2D eigenvalue weighted by molar-refractivity contribution is 0.302. The van der Waals surface area contributed by atoms with Gasteiger partial charge in [-0.3, -0.25) is 0 Å². The molecule has 0 saturated carbocycles. The van der Waals surface area contributed by atoms with E-state index in [2.05, 4.69) is 20.4 Å². The van der Waals surface area contributed by atoms with Gasteiger partial charge in [0.1, 0.15) is 5.76 Å². The van der Waals surface area contributed by atoms with Gasteiger partial charge in [-0.15, -0.1) is 0 Å². The molecule has 0 atom stereocenters. The first-order valence-electron chi connectivity index (χ1n) is 5.00. The van der Waals surface area contributed by atoms with Gasteiger partial charge in [0, 0.05) is 0 Å². The molecule has 13 heavy (non-hydrogen) atoms. The topological polar surface area (TPSA) is 9.23 Å². The molecule has 0 aromatic rings. The molecule has 0 aromatic heterocycles. The standard InChI is InChI=1S/C7H12O.C3H8.C2H6/c1-5-6(2)7(3)8-4;1-3-2;1-2/h5H,3H2,1-2,4H3;3H2,1-2H3;1-2H3/b6-5-;;. The Morgan fingerprint density at radius 3 is 1.69 bits per heavy atom. The van der Waals surface area contributed by atoms with Crippen LogP contribution in [0, 0.1) is 0 Å². The second-order valence-corrected chi connectivity index (χ2v) is 2.31. The Hall–Kier alpha value is -0.720. The number of methoxy groups -OCH3 is 1. The predicted molar refractivity (Wildman–Crippen MR) is 62.9 cm³/mol. The molecule has 0 spiro atoms. The van der Waals surface area contributed by atoms with Gasteiger partial charge in [0.15, 0.2) is 0 Å². The summed E-state index contributed by atoms with van der Waals surface area (Å²) in [6.45, 7) is 15.8. The summed E-state index contributed by atoms with van der Waals surface area (Å²) in [5, 5.41) is 0. The number of hydrogen-bond donors (Lipinski definition) is 0. The molecule has 80 valence electrons. The quantitative estimate of drug-likeness (QED) is 0.454. The van der Waals surface area contributed by atoms with Crippen LogP contribution in [-0.4, -0.2) is 7.11 Å². The van der Waals surface area contributed by atoms with Crippen LogP contribution in [0.1, 0.15) is 48.0 Å². The molecular formula is C12H26O. The van der Waals surface area contributed by atoms with Crippen LogP contribution in [0.4, 0.5) is 0 Å². The maximum absolute atomic E-state index is 4.84. The van der Waals surface area contributed by atoms with E-state index >= 15 is 0 Å². The molecule has 0 heterocycles. The average Bonchev–Trinajstić information content (AvgIpc) is 2.19. The fraction of sp³-hybridized carbons (Fsp3) is 0.667. The van der Waals surface area contributed by atoms with E-state index < -0.39 is 0 Å². The zero-order chi connectivity index (χ0) is 11.3. The number of rotatable bonds is 2. The van der Waals surface area contributed by atoms with Gasteiger partial charge < -0.3 is 4.74 Å². The highest BCUT2D eigenvalue weighted by atomic mass is 16.5. The summed E-state index contributed by atoms with van der Waals surface area (Å²) in [6.07, 6.45) is 3.21. The lowest BCUT2D eigenvalue weighted by atomic mass is 10.2. The highest BCUT2D eigenvalue weighted by molar-refractivity contribution is 5.18. The van der Waals surface area contributed by atoms with Crippen LogP contribution in [0.25, 0.3) is 0 Å². The molecule has 0 bridgehead atoms. The first-order valence-corrected chi connectivity index (χ1v) is 5.00. The van der Waals surface area contributed by atoms with Crippen molar-refractivity contribution in [3.05, 3.63) is 24.0 Å². The second kappa shape index (κ2) is 17.4. The van der Waals surface area contributed by atoms with Gasteiger partial charge in [-0.05, 0) is 19.4 Å². The van der Waals surface area contributed by atoms with E-state index in [1.165, 1.54) is 6.42 Å². The summed E-state index contributed by atoms with van der Waals surface area (Å²) in [7, 11) is 1.62. The Bertz CT molecular complexity index is 123. The second-order valence-electron chi connectivity index (χ2n) is 2.31. The Morgan fingerprint density at radius 2 is 1.62 bits per heavy atom. The maximum Gasteiger partial charge on any atom is 0.114 e. The van der Waals surface area contributed by atoms with E-state index in [1.807, 2.05) is 33.8 Å². The van der Waals surface area contributed by atoms with Crippen LogP contribution in [-0.2, 0) is 4.74 Å². The predicted octanol–water partition coefficient (Wildman–Crippen LogP) is 4.56. The molecule has 1 nitrogen and oxygen atoms in total. The Labute approximate surface area is 84.5 Å². The summed E-state index contributed by atoms with van der Waals surface area (Å²) in [4.78, 5) is 0. The van der Waals surface area contributed by atoms with Gasteiger partial charge in [0.05, 0.1) is 7.11 Å². The van der Waals surface area contributed by atoms with Gasteiger partial charge in [0.25, 0.3) is 0 Å². The molecule has 1 heteroatoms. The Morgan fingerprint density at radius 1 is 1.31 bits per heavy atom. The van der Waals surface area contributed by atoms with Crippen LogP contribution in [0.3, 0.4) is 0 Å². The minimum atomic E-state index is 0.743. The normalized spacial score (nSPS) is 8.69. The molecule has 0 aromatic carbocycles. The monoisotopic (exact) mass is 186 g/mol. The molecule has 0 rings (SSSR count). The van der Waals surface area contributed by atoms with Crippen molar-refractivity contribution < 1.29 is 4.74 Å². The van der Waals surface area contributed by atoms with Crippen LogP contribution >= 0.6 is 0 Å². The van der Waals surface area contributed by atoms with Crippen molar-refractivity contribution in [3.8, 4) is 0 Å². The number of allylic oxidation sites excluding steroid dienone is 2.